The van der Waals surface area contributed by atoms with Gasteiger partial charge in [0, 0.05) is 21.7 Å². The van der Waals surface area contributed by atoms with Crippen molar-refractivity contribution < 1.29 is 4.74 Å². The van der Waals surface area contributed by atoms with Crippen LogP contribution >= 0.6 is 23.4 Å². The standard InChI is InChI=1S/C16H16ClNOS/c17-12-6-2-1-5-11(12)9-13(18)15-10-20-16-8-4-3-7-14(16)19-15/h1-8,13,15H,9-10,18H2. The summed E-state index contributed by atoms with van der Waals surface area (Å²) < 4.78 is 6.02. The van der Waals surface area contributed by atoms with Gasteiger partial charge in [-0.2, -0.15) is 0 Å². The van der Waals surface area contributed by atoms with Gasteiger partial charge in [-0.25, -0.2) is 0 Å². The average molecular weight is 306 g/mol. The lowest BCUT2D eigenvalue weighted by atomic mass is 10.0. The van der Waals surface area contributed by atoms with Crippen molar-refractivity contribution in [1.82, 2.24) is 0 Å². The molecule has 2 unspecified atom stereocenters. The summed E-state index contributed by atoms with van der Waals surface area (Å²) in [5.41, 5.74) is 7.39. The van der Waals surface area contributed by atoms with Gasteiger partial charge in [-0.05, 0) is 30.2 Å². The molecule has 0 aromatic heterocycles. The lowest BCUT2D eigenvalue weighted by molar-refractivity contribution is 0.184. The maximum absolute atomic E-state index is 6.31. The first kappa shape index (κ1) is 13.8. The highest BCUT2D eigenvalue weighted by atomic mass is 35.5. The number of rotatable bonds is 3. The Hall–Kier alpha value is -1.16. The van der Waals surface area contributed by atoms with Crippen molar-refractivity contribution in [2.45, 2.75) is 23.5 Å². The molecule has 2 atom stereocenters. The number of hydrogen-bond acceptors (Lipinski definition) is 3. The molecule has 104 valence electrons. The summed E-state index contributed by atoms with van der Waals surface area (Å²) in [5, 5.41) is 0.770. The summed E-state index contributed by atoms with van der Waals surface area (Å²) in [5.74, 6) is 1.81. The number of fused-ring (bicyclic) bond motifs is 1. The van der Waals surface area contributed by atoms with Gasteiger partial charge < -0.3 is 10.5 Å². The Morgan fingerprint density at radius 2 is 1.95 bits per heavy atom. The summed E-state index contributed by atoms with van der Waals surface area (Å²) in [4.78, 5) is 1.19. The van der Waals surface area contributed by atoms with Crippen LogP contribution in [0, 0.1) is 0 Å². The fourth-order valence-electron chi connectivity index (χ4n) is 2.30. The second-order valence-electron chi connectivity index (χ2n) is 4.87. The van der Waals surface area contributed by atoms with Gasteiger partial charge in [0.05, 0.1) is 0 Å². The van der Waals surface area contributed by atoms with Gasteiger partial charge in [0.1, 0.15) is 11.9 Å². The van der Waals surface area contributed by atoms with Gasteiger partial charge >= 0.3 is 0 Å². The van der Waals surface area contributed by atoms with Crippen LogP contribution in [0.1, 0.15) is 5.56 Å². The molecule has 20 heavy (non-hydrogen) atoms. The molecule has 0 aliphatic carbocycles. The Balaban J connectivity index is 1.70. The van der Waals surface area contributed by atoms with Crippen LogP contribution in [0.4, 0.5) is 0 Å². The molecule has 0 spiro atoms. The molecule has 2 N–H and O–H groups in total. The van der Waals surface area contributed by atoms with Gasteiger partial charge in [0.2, 0.25) is 0 Å². The van der Waals surface area contributed by atoms with Crippen LogP contribution in [0.2, 0.25) is 5.02 Å². The lowest BCUT2D eigenvalue weighted by Crippen LogP contribution is -2.43. The van der Waals surface area contributed by atoms with Crippen LogP contribution in [-0.2, 0) is 6.42 Å². The van der Waals surface area contributed by atoms with E-state index < -0.39 is 0 Å². The molecule has 2 aromatic carbocycles. The third-order valence-electron chi connectivity index (χ3n) is 3.42. The number of halogens is 1. The van der Waals surface area contributed by atoms with Crippen LogP contribution in [0.3, 0.4) is 0 Å². The first-order valence-electron chi connectivity index (χ1n) is 6.61. The summed E-state index contributed by atoms with van der Waals surface area (Å²) >= 11 is 7.99. The van der Waals surface area contributed by atoms with Crippen molar-refractivity contribution in [3.8, 4) is 5.75 Å². The topological polar surface area (TPSA) is 35.2 Å². The van der Waals surface area contributed by atoms with E-state index in [-0.39, 0.29) is 12.1 Å². The fraction of sp³-hybridized carbons (Fsp3) is 0.250. The largest absolute Gasteiger partial charge is 0.487 e. The second-order valence-corrected chi connectivity index (χ2v) is 6.34. The van der Waals surface area contributed by atoms with Crippen molar-refractivity contribution in [2.75, 3.05) is 5.75 Å². The SMILES string of the molecule is NC(Cc1ccccc1Cl)C1CSc2ccccc2O1. The van der Waals surface area contributed by atoms with Crippen molar-refractivity contribution in [3.05, 3.63) is 59.1 Å². The van der Waals surface area contributed by atoms with Crippen LogP contribution < -0.4 is 10.5 Å². The highest BCUT2D eigenvalue weighted by Gasteiger charge is 2.26. The predicted octanol–water partition coefficient (Wildman–Crippen LogP) is 3.76. The van der Waals surface area contributed by atoms with E-state index in [0.29, 0.717) is 0 Å². The molecule has 0 amide bonds. The third-order valence-corrected chi connectivity index (χ3v) is 4.93. The van der Waals surface area contributed by atoms with Crippen molar-refractivity contribution in [2.24, 2.45) is 5.73 Å². The number of hydrogen-bond donors (Lipinski definition) is 1. The van der Waals surface area contributed by atoms with E-state index in [1.165, 1.54) is 4.90 Å². The minimum atomic E-state index is -0.0595. The molecule has 4 heteroatoms. The molecular formula is C16H16ClNOS. The van der Waals surface area contributed by atoms with Gasteiger partial charge in [0.15, 0.2) is 0 Å². The number of thioether (sulfide) groups is 1. The molecule has 3 rings (SSSR count). The van der Waals surface area contributed by atoms with Crippen LogP contribution in [0.15, 0.2) is 53.4 Å². The van der Waals surface area contributed by atoms with Gasteiger partial charge in [0.25, 0.3) is 0 Å². The van der Waals surface area contributed by atoms with Crippen LogP contribution in [-0.4, -0.2) is 17.9 Å². The molecule has 1 aliphatic rings. The number of nitrogens with two attached hydrogens (primary N) is 1. The fourth-order valence-corrected chi connectivity index (χ4v) is 3.60. The molecule has 0 bridgehead atoms. The smallest absolute Gasteiger partial charge is 0.133 e. The molecule has 0 fully saturated rings. The van der Waals surface area contributed by atoms with E-state index in [1.54, 1.807) is 11.8 Å². The first-order chi connectivity index (χ1) is 9.74. The summed E-state index contributed by atoms with van der Waals surface area (Å²) in [6.07, 6.45) is 0.749. The van der Waals surface area contributed by atoms with Gasteiger partial charge in [-0.3, -0.25) is 0 Å². The minimum Gasteiger partial charge on any atom is -0.487 e. The Labute approximate surface area is 128 Å². The van der Waals surface area contributed by atoms with E-state index in [1.807, 2.05) is 42.5 Å². The zero-order valence-corrected chi connectivity index (χ0v) is 12.5. The van der Waals surface area contributed by atoms with E-state index in [4.69, 9.17) is 22.1 Å². The van der Waals surface area contributed by atoms with Gasteiger partial charge in [-0.15, -0.1) is 11.8 Å². The third kappa shape index (κ3) is 2.95. The average Bonchev–Trinajstić information content (AvgIpc) is 2.49. The maximum Gasteiger partial charge on any atom is 0.133 e. The quantitative estimate of drug-likeness (QED) is 0.937. The zero-order valence-electron chi connectivity index (χ0n) is 11.0. The Kier molecular flexibility index (Phi) is 4.20. The molecule has 1 heterocycles. The second kappa shape index (κ2) is 6.08. The molecule has 1 aliphatic heterocycles. The van der Waals surface area contributed by atoms with Crippen molar-refractivity contribution >= 4 is 23.4 Å². The van der Waals surface area contributed by atoms with Crippen molar-refractivity contribution in [3.63, 3.8) is 0 Å². The molecule has 0 saturated carbocycles. The van der Waals surface area contributed by atoms with Crippen LogP contribution in [0.25, 0.3) is 0 Å². The van der Waals surface area contributed by atoms with E-state index in [2.05, 4.69) is 6.07 Å². The monoisotopic (exact) mass is 305 g/mol. The highest BCUT2D eigenvalue weighted by Crippen LogP contribution is 2.35. The molecule has 0 saturated heterocycles. The van der Waals surface area contributed by atoms with Crippen molar-refractivity contribution in [1.29, 1.82) is 0 Å². The molecular weight excluding hydrogens is 290 g/mol. The molecule has 2 nitrogen and oxygen atoms in total. The normalized spacial score (nSPS) is 19.0. The van der Waals surface area contributed by atoms with E-state index >= 15 is 0 Å². The number of para-hydroxylation sites is 1. The lowest BCUT2D eigenvalue weighted by Gasteiger charge is -2.30. The van der Waals surface area contributed by atoms with E-state index in [9.17, 15) is 0 Å². The highest BCUT2D eigenvalue weighted by molar-refractivity contribution is 7.99. The summed E-state index contributed by atoms with van der Waals surface area (Å²) in [6, 6.07) is 15.9. The molecule has 2 aromatic rings. The number of benzene rings is 2. The summed E-state index contributed by atoms with van der Waals surface area (Å²) in [7, 11) is 0. The minimum absolute atomic E-state index is 0.0196. The summed E-state index contributed by atoms with van der Waals surface area (Å²) in [6.45, 7) is 0. The Morgan fingerprint density at radius 1 is 1.20 bits per heavy atom. The first-order valence-corrected chi connectivity index (χ1v) is 7.98. The number of ether oxygens (including phenoxy) is 1. The Morgan fingerprint density at radius 3 is 2.80 bits per heavy atom. The van der Waals surface area contributed by atoms with E-state index in [0.717, 1.165) is 28.5 Å². The van der Waals surface area contributed by atoms with Crippen LogP contribution in [0.5, 0.6) is 5.75 Å². The molecule has 0 radical (unpaired) electrons. The Bertz CT molecular complexity index is 605. The maximum atomic E-state index is 6.31. The van der Waals surface area contributed by atoms with Gasteiger partial charge in [-0.1, -0.05) is 41.9 Å². The zero-order chi connectivity index (χ0) is 13.9. The predicted molar refractivity (Wildman–Crippen MR) is 84.7 cm³/mol.